The lowest BCUT2D eigenvalue weighted by molar-refractivity contribution is -0.143. The van der Waals surface area contributed by atoms with E-state index in [2.05, 4.69) is 6.92 Å². The van der Waals surface area contributed by atoms with Crippen molar-refractivity contribution in [2.45, 2.75) is 122 Å². The average Bonchev–Trinajstić information content (AvgIpc) is 2.71. The summed E-state index contributed by atoms with van der Waals surface area (Å²) in [5, 5.41) is 29.0. The highest BCUT2D eigenvalue weighted by Crippen LogP contribution is 2.18. The molecule has 0 aromatic rings. The van der Waals surface area contributed by atoms with Gasteiger partial charge >= 0.3 is 5.97 Å². The fourth-order valence-corrected chi connectivity index (χ4v) is 3.37. The maximum absolute atomic E-state index is 11.3. The molecule has 0 spiro atoms. The summed E-state index contributed by atoms with van der Waals surface area (Å²) in [5.74, 6) is -0.124. The zero-order valence-electron chi connectivity index (χ0n) is 18.8. The van der Waals surface area contributed by atoms with Crippen LogP contribution in [0.3, 0.4) is 0 Å². The Hall–Kier alpha value is -0.690. The topological polar surface area (TPSA) is 96.2 Å². The van der Waals surface area contributed by atoms with E-state index in [9.17, 15) is 15.0 Å². The Balaban J connectivity index is 4.04. The summed E-state index contributed by atoms with van der Waals surface area (Å²) in [6.45, 7) is 4.17. The van der Waals surface area contributed by atoms with Gasteiger partial charge in [0.2, 0.25) is 0 Å². The third-order valence-electron chi connectivity index (χ3n) is 5.17. The van der Waals surface area contributed by atoms with Gasteiger partial charge in [0, 0.05) is 6.42 Å². The summed E-state index contributed by atoms with van der Waals surface area (Å²) >= 11 is 0. The Kier molecular flexibility index (Phi) is 20.1. The van der Waals surface area contributed by atoms with Crippen molar-refractivity contribution in [1.82, 2.24) is 0 Å². The molecule has 0 bridgehead atoms. The summed E-state index contributed by atoms with van der Waals surface area (Å²) in [5.41, 5.74) is 0. The summed E-state index contributed by atoms with van der Waals surface area (Å²) < 4.78 is 10.6. The van der Waals surface area contributed by atoms with Crippen molar-refractivity contribution in [3.8, 4) is 0 Å². The van der Waals surface area contributed by atoms with E-state index in [1.165, 1.54) is 25.7 Å². The molecule has 3 atom stereocenters. The molecular weight excluding hydrogens is 372 g/mol. The number of carbonyl (C=O) groups excluding carboxylic acids is 1. The lowest BCUT2D eigenvalue weighted by Gasteiger charge is -2.24. The molecule has 0 aliphatic heterocycles. The van der Waals surface area contributed by atoms with E-state index < -0.39 is 12.2 Å². The SMILES string of the molecule is CCCCCCCCC(O)C(CCCCCCCC(=O)OCC)OCC(O)CO. The third kappa shape index (κ3) is 17.8. The van der Waals surface area contributed by atoms with E-state index in [0.717, 1.165) is 51.4 Å². The van der Waals surface area contributed by atoms with Gasteiger partial charge < -0.3 is 24.8 Å². The number of esters is 1. The van der Waals surface area contributed by atoms with Gasteiger partial charge in [0.25, 0.3) is 0 Å². The van der Waals surface area contributed by atoms with Gasteiger partial charge in [0.05, 0.1) is 32.0 Å². The van der Waals surface area contributed by atoms with Crippen LogP contribution in [0.2, 0.25) is 0 Å². The molecule has 0 fully saturated rings. The van der Waals surface area contributed by atoms with Crippen LogP contribution in [0.1, 0.15) is 104 Å². The van der Waals surface area contributed by atoms with Crippen LogP contribution in [0.5, 0.6) is 0 Å². The van der Waals surface area contributed by atoms with Crippen LogP contribution in [0.15, 0.2) is 0 Å². The summed E-state index contributed by atoms with van der Waals surface area (Å²) in [7, 11) is 0. The van der Waals surface area contributed by atoms with Crippen LogP contribution >= 0.6 is 0 Å². The van der Waals surface area contributed by atoms with Crippen molar-refractivity contribution in [2.75, 3.05) is 19.8 Å². The van der Waals surface area contributed by atoms with Crippen LogP contribution < -0.4 is 0 Å². The van der Waals surface area contributed by atoms with Gasteiger partial charge in [-0.1, -0.05) is 71.1 Å². The molecule has 0 saturated carbocycles. The molecule has 6 nitrogen and oxygen atoms in total. The summed E-state index contributed by atoms with van der Waals surface area (Å²) in [4.78, 5) is 11.3. The predicted octanol–water partition coefficient (Wildman–Crippen LogP) is 4.13. The van der Waals surface area contributed by atoms with Crippen molar-refractivity contribution < 1.29 is 29.6 Å². The molecule has 29 heavy (non-hydrogen) atoms. The monoisotopic (exact) mass is 418 g/mol. The second kappa shape index (κ2) is 20.6. The molecule has 0 radical (unpaired) electrons. The molecule has 3 N–H and O–H groups in total. The molecule has 0 aromatic carbocycles. The first-order valence-corrected chi connectivity index (χ1v) is 11.8. The van der Waals surface area contributed by atoms with Crippen LogP contribution in [-0.2, 0) is 14.3 Å². The van der Waals surface area contributed by atoms with Crippen LogP contribution in [-0.4, -0.2) is 59.4 Å². The van der Waals surface area contributed by atoms with Crippen molar-refractivity contribution in [3.63, 3.8) is 0 Å². The zero-order chi connectivity index (χ0) is 21.7. The number of ether oxygens (including phenoxy) is 2. The van der Waals surface area contributed by atoms with E-state index in [4.69, 9.17) is 14.6 Å². The summed E-state index contributed by atoms with van der Waals surface area (Å²) in [6, 6.07) is 0. The fraction of sp³-hybridized carbons (Fsp3) is 0.957. The lowest BCUT2D eigenvalue weighted by atomic mass is 9.99. The van der Waals surface area contributed by atoms with Gasteiger partial charge in [-0.05, 0) is 26.2 Å². The van der Waals surface area contributed by atoms with E-state index in [0.29, 0.717) is 19.4 Å². The Morgan fingerprint density at radius 2 is 1.41 bits per heavy atom. The number of carbonyl (C=O) groups is 1. The molecule has 0 heterocycles. The van der Waals surface area contributed by atoms with Gasteiger partial charge in [-0.3, -0.25) is 4.79 Å². The van der Waals surface area contributed by atoms with Crippen molar-refractivity contribution in [3.05, 3.63) is 0 Å². The minimum atomic E-state index is -0.901. The standard InChI is InChI=1S/C23H46O6/c1-3-5-6-7-9-12-15-21(26)22(29-19-20(25)18-24)16-13-10-8-11-14-17-23(27)28-4-2/h20-22,24-26H,3-19H2,1-2H3. The van der Waals surface area contributed by atoms with Crippen LogP contribution in [0, 0.1) is 0 Å². The van der Waals surface area contributed by atoms with Gasteiger partial charge in [-0.25, -0.2) is 0 Å². The van der Waals surface area contributed by atoms with Crippen molar-refractivity contribution in [1.29, 1.82) is 0 Å². The minimum absolute atomic E-state index is 0.0499. The first-order chi connectivity index (χ1) is 14.0. The summed E-state index contributed by atoms with van der Waals surface area (Å²) in [6.07, 6.45) is 12.1. The van der Waals surface area contributed by atoms with Gasteiger partial charge in [-0.2, -0.15) is 0 Å². The molecule has 6 heteroatoms. The Morgan fingerprint density at radius 3 is 2.03 bits per heavy atom. The predicted molar refractivity (Wildman–Crippen MR) is 116 cm³/mol. The van der Waals surface area contributed by atoms with E-state index in [1.54, 1.807) is 0 Å². The van der Waals surface area contributed by atoms with E-state index in [-0.39, 0.29) is 25.3 Å². The molecular formula is C23H46O6. The molecule has 0 amide bonds. The zero-order valence-corrected chi connectivity index (χ0v) is 18.8. The van der Waals surface area contributed by atoms with Gasteiger partial charge in [0.1, 0.15) is 6.10 Å². The van der Waals surface area contributed by atoms with Crippen LogP contribution in [0.25, 0.3) is 0 Å². The number of aliphatic hydroxyl groups excluding tert-OH is 3. The van der Waals surface area contributed by atoms with Crippen molar-refractivity contribution >= 4 is 5.97 Å². The molecule has 0 aliphatic rings. The second-order valence-electron chi connectivity index (χ2n) is 7.94. The van der Waals surface area contributed by atoms with Gasteiger partial charge in [0.15, 0.2) is 0 Å². The van der Waals surface area contributed by atoms with Crippen LogP contribution in [0.4, 0.5) is 0 Å². The Morgan fingerprint density at radius 1 is 0.828 bits per heavy atom. The number of unbranched alkanes of at least 4 members (excludes halogenated alkanes) is 9. The Bertz CT molecular complexity index is 363. The second-order valence-corrected chi connectivity index (χ2v) is 7.94. The first-order valence-electron chi connectivity index (χ1n) is 11.8. The highest BCUT2D eigenvalue weighted by molar-refractivity contribution is 5.69. The average molecular weight is 419 g/mol. The van der Waals surface area contributed by atoms with E-state index >= 15 is 0 Å². The molecule has 0 rings (SSSR count). The molecule has 3 unspecified atom stereocenters. The van der Waals surface area contributed by atoms with Crippen molar-refractivity contribution in [2.24, 2.45) is 0 Å². The number of hydrogen-bond donors (Lipinski definition) is 3. The minimum Gasteiger partial charge on any atom is -0.466 e. The smallest absolute Gasteiger partial charge is 0.305 e. The molecule has 174 valence electrons. The third-order valence-corrected chi connectivity index (χ3v) is 5.17. The largest absolute Gasteiger partial charge is 0.466 e. The quantitative estimate of drug-likeness (QED) is 0.192. The van der Waals surface area contributed by atoms with Gasteiger partial charge in [-0.15, -0.1) is 0 Å². The lowest BCUT2D eigenvalue weighted by Crippen LogP contribution is -2.33. The number of rotatable bonds is 21. The van der Waals surface area contributed by atoms with E-state index in [1.807, 2.05) is 6.92 Å². The molecule has 0 aromatic heterocycles. The fourth-order valence-electron chi connectivity index (χ4n) is 3.37. The Labute approximate surface area is 178 Å². The highest BCUT2D eigenvalue weighted by atomic mass is 16.5. The normalized spacial score (nSPS) is 14.5. The molecule has 0 saturated heterocycles. The number of aliphatic hydroxyl groups is 3. The maximum Gasteiger partial charge on any atom is 0.305 e. The molecule has 0 aliphatic carbocycles. The first kappa shape index (κ1) is 28.3. The number of hydrogen-bond acceptors (Lipinski definition) is 6. The highest BCUT2D eigenvalue weighted by Gasteiger charge is 2.20. The maximum atomic E-state index is 11.3.